The first-order valence-corrected chi connectivity index (χ1v) is 33.6. The third kappa shape index (κ3) is 15.8. The van der Waals surface area contributed by atoms with E-state index >= 15 is 0 Å². The minimum Gasteiger partial charge on any atom is -0.497 e. The summed E-state index contributed by atoms with van der Waals surface area (Å²) in [5, 5.41) is 12.5. The van der Waals surface area contributed by atoms with E-state index in [1.165, 1.54) is 6.07 Å². The van der Waals surface area contributed by atoms with E-state index in [0.29, 0.717) is 92.1 Å². The molecule has 0 aliphatic carbocycles. The van der Waals surface area contributed by atoms with E-state index in [2.05, 4.69) is 43.8 Å². The van der Waals surface area contributed by atoms with Crippen LogP contribution in [-0.2, 0) is 44.1 Å². The van der Waals surface area contributed by atoms with Gasteiger partial charge in [0.2, 0.25) is 5.91 Å². The molecule has 504 valence electrons. The Hall–Kier alpha value is -8.37. The molecule has 3 heterocycles. The Morgan fingerprint density at radius 3 is 1.58 bits per heavy atom. The third-order valence-electron chi connectivity index (χ3n) is 17.4. The molecule has 1 N–H and O–H groups in total. The van der Waals surface area contributed by atoms with Crippen LogP contribution in [0.3, 0.4) is 0 Å². The molecule has 2 amide bonds. The third-order valence-corrected chi connectivity index (χ3v) is 19.5. The molecule has 6 aromatic carbocycles. The summed E-state index contributed by atoms with van der Waals surface area (Å²) in [6, 6.07) is 40.6. The van der Waals surface area contributed by atoms with Crippen molar-refractivity contribution in [2.45, 2.75) is 137 Å². The molecule has 1 atom stereocenters. The molecule has 95 heavy (non-hydrogen) atoms. The van der Waals surface area contributed by atoms with E-state index < -0.39 is 53.9 Å². The van der Waals surface area contributed by atoms with Crippen LogP contribution < -0.4 is 33.7 Å². The number of nitrogens with one attached hydrogen (secondary N) is 1. The van der Waals surface area contributed by atoms with Crippen molar-refractivity contribution in [1.29, 1.82) is 5.26 Å². The number of hydrogen-bond donors (Lipinski definition) is 1. The minimum atomic E-state index is -1.61. The number of unbranched alkanes of at least 4 members (excludes halogenated alkanes) is 2. The summed E-state index contributed by atoms with van der Waals surface area (Å²) in [7, 11) is 3.30. The molecule has 9 rings (SSSR count). The largest absolute Gasteiger partial charge is 0.497 e. The maximum Gasteiger partial charge on any atom is 0.340 e. The van der Waals surface area contributed by atoms with Gasteiger partial charge in [-0.05, 0) is 184 Å². The first-order chi connectivity index (χ1) is 45.3. The molecule has 6 aromatic rings. The highest BCUT2D eigenvalue weighted by atomic mass is 31.2. The number of hydrogen-bond acceptors (Lipinski definition) is 17. The van der Waals surface area contributed by atoms with Gasteiger partial charge in [-0.1, -0.05) is 48.9 Å². The molecule has 20 heteroatoms. The van der Waals surface area contributed by atoms with Gasteiger partial charge in [0.05, 0.1) is 70.0 Å². The van der Waals surface area contributed by atoms with Gasteiger partial charge >= 0.3 is 17.9 Å². The van der Waals surface area contributed by atoms with Crippen LogP contribution >= 0.6 is 8.53 Å². The summed E-state index contributed by atoms with van der Waals surface area (Å²) >= 11 is 0. The van der Waals surface area contributed by atoms with Gasteiger partial charge in [-0.3, -0.25) is 19.2 Å². The fraction of sp³-hybridized carbons (Fsp3) is 0.440. The predicted molar refractivity (Wildman–Crippen MR) is 360 cm³/mol. The fourth-order valence-corrected chi connectivity index (χ4v) is 13.8. The molecule has 3 aliphatic heterocycles. The van der Waals surface area contributed by atoms with Crippen LogP contribution in [0.5, 0.6) is 40.2 Å². The van der Waals surface area contributed by atoms with Crippen molar-refractivity contribution < 1.29 is 70.9 Å². The molecular weight excluding hydrogens is 1230 g/mol. The Kier molecular flexibility index (Phi) is 22.5. The van der Waals surface area contributed by atoms with Gasteiger partial charge in [0.25, 0.3) is 14.4 Å². The molecule has 1 spiro atoms. The number of likely N-dealkylation sites (tertiary alicyclic amines) is 1. The number of methoxy groups -OCH3 is 3. The van der Waals surface area contributed by atoms with E-state index in [-0.39, 0.29) is 84.3 Å². The van der Waals surface area contributed by atoms with Crippen molar-refractivity contribution in [3.05, 3.63) is 172 Å². The Labute approximate surface area is 559 Å². The maximum absolute atomic E-state index is 14.2. The van der Waals surface area contributed by atoms with Crippen LogP contribution in [0.4, 0.5) is 0 Å². The molecular formula is C75H89N4O15P. The lowest BCUT2D eigenvalue weighted by molar-refractivity contribution is -0.143. The van der Waals surface area contributed by atoms with Crippen LogP contribution in [0.2, 0.25) is 0 Å². The number of esters is 3. The summed E-state index contributed by atoms with van der Waals surface area (Å²) in [5.41, 5.74) is -0.544. The van der Waals surface area contributed by atoms with Gasteiger partial charge < -0.3 is 57.2 Å². The summed E-state index contributed by atoms with van der Waals surface area (Å²) in [4.78, 5) is 70.1. The zero-order valence-corrected chi connectivity index (χ0v) is 57.8. The SMILES string of the molecule is COc1ccc(C(OCC2(COP(OCCC#N)N(C(C)C)C(C)C)CCN(C(=O)CCCCCNC(=O)c3ccc4c(c3)C(=O)OC43c4ccc(OC(=O)C(C)(C)C)cc4Oc4cc(OC(=O)C(C)(C)C)ccc43)CC2)(c2ccc(OC)cc2)c2ccc(OC)cc2)cc1. The quantitative estimate of drug-likeness (QED) is 0.0167. The van der Waals surface area contributed by atoms with Crippen molar-refractivity contribution in [1.82, 2.24) is 14.9 Å². The standard InChI is InChI=1S/C75H89N4O15P/c1-49(2)79(50(3)4)95(89-43-17-39-76)90-48-73(47-88-74(52-20-26-55(85-11)27-21-52,53-22-28-56(86-12)29-23-53)54-24-30-57(87-13)31-25-54)37-41-78(42-38-73)66(80)18-15-14-16-40-77-67(81)51-19-34-61-60(44-51)68(82)94-75(61)62-35-32-58(91-69(83)71(5,6)7)45-64(62)93-65-46-59(33-36-63(65)75)92-70(84)72(8,9)10/h19-36,44-46,49-50H,14-18,37-38,40-43,47-48H2,1-13H3,(H,77,81). The molecule has 0 bridgehead atoms. The Morgan fingerprint density at radius 2 is 1.12 bits per heavy atom. The Bertz CT molecular complexity index is 3550. The molecule has 1 unspecified atom stereocenters. The highest BCUT2D eigenvalue weighted by Gasteiger charge is 2.54. The first kappa shape index (κ1) is 70.9. The molecule has 0 saturated carbocycles. The molecule has 0 radical (unpaired) electrons. The van der Waals surface area contributed by atoms with Gasteiger partial charge in [-0.2, -0.15) is 5.26 Å². The fourth-order valence-electron chi connectivity index (χ4n) is 12.1. The van der Waals surface area contributed by atoms with Crippen molar-refractivity contribution >= 4 is 38.2 Å². The Morgan fingerprint density at radius 1 is 0.632 bits per heavy atom. The number of ether oxygens (including phenoxy) is 8. The molecule has 3 aliphatic rings. The van der Waals surface area contributed by atoms with Crippen molar-refractivity contribution in [2.24, 2.45) is 16.2 Å². The van der Waals surface area contributed by atoms with E-state index in [9.17, 15) is 29.2 Å². The van der Waals surface area contributed by atoms with E-state index in [4.69, 9.17) is 46.9 Å². The highest BCUT2D eigenvalue weighted by molar-refractivity contribution is 7.44. The van der Waals surface area contributed by atoms with Gasteiger partial charge in [-0.25, -0.2) is 9.46 Å². The summed E-state index contributed by atoms with van der Waals surface area (Å²) in [6.07, 6.45) is 3.52. The van der Waals surface area contributed by atoms with Crippen molar-refractivity contribution in [3.63, 3.8) is 0 Å². The number of carbonyl (C=O) groups excluding carboxylic acids is 5. The summed E-state index contributed by atoms with van der Waals surface area (Å²) in [6.45, 7) is 20.8. The number of fused-ring (bicyclic) bond motifs is 6. The smallest absolute Gasteiger partial charge is 0.340 e. The number of piperidine rings is 1. The number of nitrogens with zero attached hydrogens (tertiary/aromatic N) is 3. The van der Waals surface area contributed by atoms with Crippen LogP contribution in [0.15, 0.2) is 127 Å². The molecule has 1 saturated heterocycles. The topological polar surface area (TPSA) is 220 Å². The molecule has 19 nitrogen and oxygen atoms in total. The maximum atomic E-state index is 14.2. The molecule has 0 aromatic heterocycles. The van der Waals surface area contributed by atoms with Gasteiger partial charge in [-0.15, -0.1) is 0 Å². The van der Waals surface area contributed by atoms with E-state index in [1.807, 2.05) is 77.7 Å². The number of benzene rings is 6. The van der Waals surface area contributed by atoms with Gasteiger partial charge in [0.15, 0.2) is 5.60 Å². The van der Waals surface area contributed by atoms with Crippen LogP contribution in [0, 0.1) is 27.6 Å². The number of nitriles is 1. The second-order valence-corrected chi connectivity index (χ2v) is 28.4. The number of carbonyl (C=O) groups is 5. The summed E-state index contributed by atoms with van der Waals surface area (Å²) in [5.74, 6) is 1.04. The predicted octanol–water partition coefficient (Wildman–Crippen LogP) is 14.4. The monoisotopic (exact) mass is 1320 g/mol. The van der Waals surface area contributed by atoms with Crippen LogP contribution in [-0.4, -0.2) is 112 Å². The van der Waals surface area contributed by atoms with E-state index in [1.54, 1.807) is 111 Å². The lowest BCUT2D eigenvalue weighted by atomic mass is 9.77. The van der Waals surface area contributed by atoms with Crippen molar-refractivity contribution in [2.75, 3.05) is 60.8 Å². The van der Waals surface area contributed by atoms with Gasteiger partial charge in [0, 0.05) is 77.9 Å². The number of rotatable bonds is 27. The first-order valence-electron chi connectivity index (χ1n) is 32.4. The zero-order chi connectivity index (χ0) is 68.5. The lowest BCUT2D eigenvalue weighted by Crippen LogP contribution is -2.48. The average Bonchev–Trinajstić information content (AvgIpc) is 1.62. The second-order valence-electron chi connectivity index (χ2n) is 27.0. The number of amides is 2. The highest BCUT2D eigenvalue weighted by Crippen LogP contribution is 2.58. The van der Waals surface area contributed by atoms with E-state index in [0.717, 1.165) is 16.7 Å². The summed E-state index contributed by atoms with van der Waals surface area (Å²) < 4.78 is 64.5. The Balaban J connectivity index is 0.884. The lowest BCUT2D eigenvalue weighted by Gasteiger charge is -2.46. The minimum absolute atomic E-state index is 0.0350. The van der Waals surface area contributed by atoms with Crippen LogP contribution in [0.1, 0.15) is 168 Å². The van der Waals surface area contributed by atoms with Crippen molar-refractivity contribution in [3.8, 4) is 46.3 Å². The zero-order valence-electron chi connectivity index (χ0n) is 56.9. The normalized spacial score (nSPS) is 15.0. The van der Waals surface area contributed by atoms with Crippen LogP contribution in [0.25, 0.3) is 0 Å². The van der Waals surface area contributed by atoms with Gasteiger partial charge in [0.1, 0.15) is 45.8 Å². The average molecular weight is 1320 g/mol. The second kappa shape index (κ2) is 30.1. The molecule has 1 fully saturated rings.